The molecule has 1 aromatic carbocycles. The summed E-state index contributed by atoms with van der Waals surface area (Å²) in [5, 5.41) is 16.3. The van der Waals surface area contributed by atoms with Gasteiger partial charge in [-0.3, -0.25) is 19.2 Å². The average molecular weight is 701 g/mol. The average Bonchev–Trinajstić information content (AvgIpc) is 3.66. The highest BCUT2D eigenvalue weighted by Gasteiger charge is 2.44. The number of likely N-dealkylation sites (tertiary alicyclic amines) is 1. The number of carbonyl (C=O) groups excluding carboxylic acids is 4. The summed E-state index contributed by atoms with van der Waals surface area (Å²) in [4.78, 5) is 57.8. The molecule has 0 bridgehead atoms. The molecule has 4 atom stereocenters. The number of nitrogens with one attached hydrogen (secondary N) is 2. The molecule has 49 heavy (non-hydrogen) atoms. The van der Waals surface area contributed by atoms with Gasteiger partial charge in [0.05, 0.1) is 28.8 Å². The number of hydrogen-bond acceptors (Lipinski definition) is 9. The molecule has 4 amide bonds. The van der Waals surface area contributed by atoms with Gasteiger partial charge in [0.1, 0.15) is 12.1 Å². The summed E-state index contributed by atoms with van der Waals surface area (Å²) < 4.78 is 5.58. The van der Waals surface area contributed by atoms with E-state index in [1.807, 2.05) is 57.5 Å². The molecule has 1 aliphatic heterocycles. The number of β-amino-alcohol motifs (C(OH)–C–C–N with tert-alkyl or cyclic N) is 1. The quantitative estimate of drug-likeness (QED) is 0.130. The van der Waals surface area contributed by atoms with Crippen molar-refractivity contribution in [1.29, 1.82) is 0 Å². The van der Waals surface area contributed by atoms with Gasteiger partial charge in [-0.2, -0.15) is 0 Å². The van der Waals surface area contributed by atoms with Crippen LogP contribution in [0.2, 0.25) is 0 Å². The first-order valence-electron chi connectivity index (χ1n) is 17.4. The summed E-state index contributed by atoms with van der Waals surface area (Å²) in [5.41, 5.74) is 15.2. The molecule has 2 aromatic rings. The number of aliphatic hydroxyl groups is 1. The van der Waals surface area contributed by atoms with Gasteiger partial charge in [0.25, 0.3) is 0 Å². The number of ether oxygens (including phenoxy) is 1. The highest BCUT2D eigenvalue weighted by atomic mass is 32.1. The summed E-state index contributed by atoms with van der Waals surface area (Å²) in [6.45, 7) is 8.98. The summed E-state index contributed by atoms with van der Waals surface area (Å²) >= 11 is 1.58. The fourth-order valence-corrected chi connectivity index (χ4v) is 6.67. The van der Waals surface area contributed by atoms with E-state index in [-0.39, 0.29) is 55.6 Å². The minimum Gasteiger partial charge on any atom is -0.391 e. The van der Waals surface area contributed by atoms with Crippen molar-refractivity contribution in [3.8, 4) is 10.4 Å². The van der Waals surface area contributed by atoms with Gasteiger partial charge in [-0.1, -0.05) is 70.7 Å². The Labute approximate surface area is 294 Å². The zero-order valence-electron chi connectivity index (χ0n) is 29.5. The Bertz CT molecular complexity index is 1360. The first-order chi connectivity index (χ1) is 23.3. The SMILES string of the molecule is Cc1ncsc1-c1ccc(CNC(=O)[C@@H]2C[C@@H](O)CN2C(=O)[C@@H](NC(=O)CCCCCCCCOC[C@@H](N)CCC(N)=O)C(C)(C)C)cc1. The molecule has 0 spiro atoms. The summed E-state index contributed by atoms with van der Waals surface area (Å²) in [7, 11) is 0. The first kappa shape index (κ1) is 40.0. The largest absolute Gasteiger partial charge is 0.391 e. The molecule has 1 fully saturated rings. The Balaban J connectivity index is 1.40. The van der Waals surface area contributed by atoms with Crippen LogP contribution in [0.5, 0.6) is 0 Å². The molecule has 0 aliphatic carbocycles. The molecule has 1 aromatic heterocycles. The summed E-state index contributed by atoms with van der Waals surface area (Å²) in [5.74, 6) is -1.25. The van der Waals surface area contributed by atoms with Gasteiger partial charge in [0, 0.05) is 45.0 Å². The van der Waals surface area contributed by atoms with E-state index in [2.05, 4.69) is 15.6 Å². The van der Waals surface area contributed by atoms with Crippen LogP contribution in [0.4, 0.5) is 0 Å². The number of aliphatic hydroxyl groups excluding tert-OH is 1. The van der Waals surface area contributed by atoms with Crippen molar-refractivity contribution in [1.82, 2.24) is 20.5 Å². The maximum atomic E-state index is 13.8. The Morgan fingerprint density at radius 3 is 2.37 bits per heavy atom. The Morgan fingerprint density at radius 1 is 1.06 bits per heavy atom. The predicted octanol–water partition coefficient (Wildman–Crippen LogP) is 3.57. The number of carbonyl (C=O) groups is 4. The second kappa shape index (κ2) is 19.7. The van der Waals surface area contributed by atoms with Crippen LogP contribution in [0.25, 0.3) is 10.4 Å². The van der Waals surface area contributed by atoms with E-state index in [0.717, 1.165) is 53.8 Å². The van der Waals surface area contributed by atoms with E-state index in [4.69, 9.17) is 16.2 Å². The molecular weight excluding hydrogens is 644 g/mol. The van der Waals surface area contributed by atoms with Crippen LogP contribution in [0, 0.1) is 12.3 Å². The molecule has 2 heterocycles. The lowest BCUT2D eigenvalue weighted by Gasteiger charge is -2.35. The predicted molar refractivity (Wildman–Crippen MR) is 191 cm³/mol. The number of thiazole rings is 1. The second-order valence-corrected chi connectivity index (χ2v) is 15.0. The highest BCUT2D eigenvalue weighted by molar-refractivity contribution is 7.13. The van der Waals surface area contributed by atoms with Gasteiger partial charge in [-0.05, 0) is 42.7 Å². The Morgan fingerprint density at radius 2 is 1.73 bits per heavy atom. The molecule has 13 heteroatoms. The van der Waals surface area contributed by atoms with Gasteiger partial charge in [0.2, 0.25) is 23.6 Å². The molecule has 0 saturated carbocycles. The summed E-state index contributed by atoms with van der Waals surface area (Å²) in [6.07, 6.45) is 5.98. The molecule has 1 saturated heterocycles. The summed E-state index contributed by atoms with van der Waals surface area (Å²) in [6, 6.07) is 6.06. The lowest BCUT2D eigenvalue weighted by molar-refractivity contribution is -0.144. The number of rotatable bonds is 20. The highest BCUT2D eigenvalue weighted by Crippen LogP contribution is 2.28. The van der Waals surface area contributed by atoms with Crippen molar-refractivity contribution in [2.24, 2.45) is 16.9 Å². The zero-order valence-corrected chi connectivity index (χ0v) is 30.4. The minimum absolute atomic E-state index is 0.0371. The van der Waals surface area contributed by atoms with Gasteiger partial charge in [-0.15, -0.1) is 11.3 Å². The third-order valence-corrected chi connectivity index (χ3v) is 9.73. The van der Waals surface area contributed by atoms with Crippen molar-refractivity contribution >= 4 is 35.0 Å². The Kier molecular flexibility index (Phi) is 16.1. The van der Waals surface area contributed by atoms with Crippen molar-refractivity contribution in [3.05, 3.63) is 41.0 Å². The lowest BCUT2D eigenvalue weighted by Crippen LogP contribution is -2.57. The van der Waals surface area contributed by atoms with E-state index in [9.17, 15) is 24.3 Å². The molecule has 3 rings (SSSR count). The van der Waals surface area contributed by atoms with Crippen LogP contribution < -0.4 is 22.1 Å². The molecule has 0 unspecified atom stereocenters. The van der Waals surface area contributed by atoms with Crippen molar-refractivity contribution in [2.75, 3.05) is 19.8 Å². The number of aromatic nitrogens is 1. The van der Waals surface area contributed by atoms with Gasteiger partial charge in [0.15, 0.2) is 0 Å². The number of nitrogens with two attached hydrogens (primary N) is 2. The second-order valence-electron chi connectivity index (χ2n) is 14.2. The molecular formula is C36H56N6O6S. The lowest BCUT2D eigenvalue weighted by atomic mass is 9.85. The van der Waals surface area contributed by atoms with Crippen LogP contribution in [-0.4, -0.2) is 82.6 Å². The van der Waals surface area contributed by atoms with Gasteiger partial charge < -0.3 is 36.8 Å². The van der Waals surface area contributed by atoms with Crippen molar-refractivity contribution in [3.63, 3.8) is 0 Å². The fraction of sp³-hybridized carbons (Fsp3) is 0.639. The van der Waals surface area contributed by atoms with Crippen LogP contribution in [-0.2, 0) is 30.5 Å². The minimum atomic E-state index is -0.841. The topological polar surface area (TPSA) is 190 Å². The number of unbranched alkanes of at least 4 members (excludes halogenated alkanes) is 5. The number of amides is 4. The van der Waals surface area contributed by atoms with E-state index in [0.29, 0.717) is 32.5 Å². The van der Waals surface area contributed by atoms with Crippen LogP contribution in [0.15, 0.2) is 29.8 Å². The molecule has 12 nitrogen and oxygen atoms in total. The smallest absolute Gasteiger partial charge is 0.246 e. The fourth-order valence-electron chi connectivity index (χ4n) is 5.86. The number of primary amides is 1. The monoisotopic (exact) mass is 700 g/mol. The van der Waals surface area contributed by atoms with Crippen LogP contribution in [0.3, 0.4) is 0 Å². The van der Waals surface area contributed by atoms with E-state index >= 15 is 0 Å². The third kappa shape index (κ3) is 13.4. The standard InChI is InChI=1S/C36H56N6O6S/c1-24-32(49-23-40-24)26-14-12-25(13-15-26)20-39-34(46)29-19-28(43)21-42(29)35(47)33(36(2,3)4)41-31(45)11-9-7-5-6-8-10-18-48-22-27(37)16-17-30(38)44/h12-15,23,27-29,33,43H,5-11,16-22,37H2,1-4H3,(H2,38,44)(H,39,46)(H,41,45)/t27-,28+,29-,33+/m0/s1. The Hall–Kier alpha value is -3.39. The van der Waals surface area contributed by atoms with E-state index < -0.39 is 23.6 Å². The van der Waals surface area contributed by atoms with Crippen molar-refractivity contribution < 1.29 is 29.0 Å². The normalized spacial score (nSPS) is 17.5. The van der Waals surface area contributed by atoms with Gasteiger partial charge >= 0.3 is 0 Å². The van der Waals surface area contributed by atoms with Crippen molar-refractivity contribution in [2.45, 2.75) is 123 Å². The third-order valence-electron chi connectivity index (χ3n) is 8.75. The first-order valence-corrected chi connectivity index (χ1v) is 18.3. The number of benzene rings is 1. The number of aryl methyl sites for hydroxylation is 1. The maximum Gasteiger partial charge on any atom is 0.246 e. The maximum absolute atomic E-state index is 13.8. The van der Waals surface area contributed by atoms with E-state index in [1.54, 1.807) is 11.3 Å². The van der Waals surface area contributed by atoms with E-state index in [1.165, 1.54) is 4.90 Å². The molecule has 0 radical (unpaired) electrons. The molecule has 272 valence electrons. The molecule has 7 N–H and O–H groups in total. The number of hydrogen-bond donors (Lipinski definition) is 5. The molecule has 1 aliphatic rings. The zero-order chi connectivity index (χ0) is 36.0. The van der Waals surface area contributed by atoms with Crippen LogP contribution in [0.1, 0.15) is 96.2 Å². The van der Waals surface area contributed by atoms with Crippen LogP contribution >= 0.6 is 11.3 Å². The number of nitrogens with zero attached hydrogens (tertiary/aromatic N) is 2. The van der Waals surface area contributed by atoms with Gasteiger partial charge in [-0.25, -0.2) is 4.98 Å².